The second-order valence-corrected chi connectivity index (χ2v) is 5.04. The summed E-state index contributed by atoms with van der Waals surface area (Å²) >= 11 is 6.04. The Bertz CT molecular complexity index is 688. The molecule has 1 aliphatic heterocycles. The first-order chi connectivity index (χ1) is 9.65. The van der Waals surface area contributed by atoms with E-state index in [1.165, 1.54) is 12.3 Å². The summed E-state index contributed by atoms with van der Waals surface area (Å²) in [6, 6.07) is 4.91. The van der Waals surface area contributed by atoms with E-state index in [0.717, 1.165) is 18.2 Å². The molecule has 5 heteroatoms. The van der Waals surface area contributed by atoms with Gasteiger partial charge in [0.1, 0.15) is 5.75 Å². The molecule has 102 valence electrons. The lowest BCUT2D eigenvalue weighted by Crippen LogP contribution is -2.07. The lowest BCUT2D eigenvalue weighted by atomic mass is 10.0. The van der Waals surface area contributed by atoms with Crippen molar-refractivity contribution in [2.75, 3.05) is 6.61 Å². The molecule has 0 saturated heterocycles. The monoisotopic (exact) mass is 291 g/mol. The van der Waals surface area contributed by atoms with E-state index in [1.807, 2.05) is 6.07 Å². The number of pyridine rings is 1. The summed E-state index contributed by atoms with van der Waals surface area (Å²) < 4.78 is 19.1. The van der Waals surface area contributed by atoms with E-state index in [2.05, 4.69) is 4.98 Å². The Labute approximate surface area is 120 Å². The van der Waals surface area contributed by atoms with Crippen LogP contribution in [0.3, 0.4) is 0 Å². The Kier molecular flexibility index (Phi) is 3.40. The largest absolute Gasteiger partial charge is 0.493 e. The van der Waals surface area contributed by atoms with Crippen molar-refractivity contribution in [3.05, 3.63) is 58.1 Å². The first kappa shape index (κ1) is 13.1. The fraction of sp³-hybridized carbons (Fsp3) is 0.200. The molecule has 1 aliphatic rings. The fourth-order valence-corrected chi connectivity index (χ4v) is 2.61. The second kappa shape index (κ2) is 5.21. The molecule has 1 aromatic carbocycles. The third-order valence-electron chi connectivity index (χ3n) is 3.25. The van der Waals surface area contributed by atoms with E-state index in [9.17, 15) is 9.18 Å². The molecule has 2 heterocycles. The second-order valence-electron chi connectivity index (χ2n) is 4.61. The molecule has 0 spiro atoms. The molecule has 0 N–H and O–H groups in total. The average Bonchev–Trinajstić information content (AvgIpc) is 2.87. The highest BCUT2D eigenvalue weighted by molar-refractivity contribution is 6.30. The maximum Gasteiger partial charge on any atom is 0.170 e. The molecule has 20 heavy (non-hydrogen) atoms. The van der Waals surface area contributed by atoms with Gasteiger partial charge >= 0.3 is 0 Å². The number of rotatable bonds is 3. The van der Waals surface area contributed by atoms with Crippen molar-refractivity contribution in [2.45, 2.75) is 12.8 Å². The first-order valence-corrected chi connectivity index (χ1v) is 6.60. The highest BCUT2D eigenvalue weighted by Crippen LogP contribution is 2.33. The van der Waals surface area contributed by atoms with E-state index in [0.29, 0.717) is 22.9 Å². The van der Waals surface area contributed by atoms with Crippen LogP contribution in [0.4, 0.5) is 4.39 Å². The summed E-state index contributed by atoms with van der Waals surface area (Å²) in [6.45, 7) is 0.584. The summed E-state index contributed by atoms with van der Waals surface area (Å²) in [5.41, 5.74) is 1.73. The molecular formula is C15H11ClFNO2. The van der Waals surface area contributed by atoms with Gasteiger partial charge < -0.3 is 4.74 Å². The predicted molar refractivity (Wildman–Crippen MR) is 72.9 cm³/mol. The number of benzene rings is 1. The van der Waals surface area contributed by atoms with Gasteiger partial charge in [-0.15, -0.1) is 0 Å². The fourth-order valence-electron chi connectivity index (χ4n) is 2.35. The standard InChI is InChI=1S/C15H11ClFNO2/c16-11-5-9-2-4-20-15(9)10(6-11)7-14(19)12-1-3-18-8-13(12)17/h1,3,5-6,8H,2,4,7H2. The number of hydrogen-bond acceptors (Lipinski definition) is 3. The zero-order valence-corrected chi connectivity index (χ0v) is 11.3. The van der Waals surface area contributed by atoms with Crippen molar-refractivity contribution in [3.8, 4) is 5.75 Å². The zero-order chi connectivity index (χ0) is 14.1. The van der Waals surface area contributed by atoms with Crippen LogP contribution in [-0.2, 0) is 12.8 Å². The number of fused-ring (bicyclic) bond motifs is 1. The van der Waals surface area contributed by atoms with Crippen LogP contribution >= 0.6 is 11.6 Å². The van der Waals surface area contributed by atoms with Crippen molar-refractivity contribution in [3.63, 3.8) is 0 Å². The van der Waals surface area contributed by atoms with Crippen LogP contribution < -0.4 is 4.74 Å². The van der Waals surface area contributed by atoms with Crippen molar-refractivity contribution in [1.82, 2.24) is 4.98 Å². The topological polar surface area (TPSA) is 39.2 Å². The van der Waals surface area contributed by atoms with E-state index in [4.69, 9.17) is 16.3 Å². The molecule has 0 bridgehead atoms. The normalized spacial score (nSPS) is 12.9. The number of ketones is 1. The highest BCUT2D eigenvalue weighted by atomic mass is 35.5. The van der Waals surface area contributed by atoms with E-state index in [1.54, 1.807) is 6.07 Å². The van der Waals surface area contributed by atoms with Crippen molar-refractivity contribution < 1.29 is 13.9 Å². The van der Waals surface area contributed by atoms with Crippen molar-refractivity contribution >= 4 is 17.4 Å². The van der Waals surface area contributed by atoms with Gasteiger partial charge in [-0.1, -0.05) is 11.6 Å². The van der Waals surface area contributed by atoms with Crippen LogP contribution in [-0.4, -0.2) is 17.4 Å². The Morgan fingerprint density at radius 2 is 2.30 bits per heavy atom. The van der Waals surface area contributed by atoms with Gasteiger partial charge in [-0.05, 0) is 23.8 Å². The molecule has 0 radical (unpaired) electrons. The van der Waals surface area contributed by atoms with E-state index in [-0.39, 0.29) is 17.8 Å². The molecule has 3 rings (SSSR count). The molecule has 0 fully saturated rings. The van der Waals surface area contributed by atoms with Gasteiger partial charge in [-0.2, -0.15) is 0 Å². The van der Waals surface area contributed by atoms with Gasteiger partial charge in [0.15, 0.2) is 11.6 Å². The van der Waals surface area contributed by atoms with E-state index >= 15 is 0 Å². The maximum atomic E-state index is 13.6. The predicted octanol–water partition coefficient (Wildman–Crippen LogP) is 3.23. The van der Waals surface area contributed by atoms with Crippen LogP contribution in [0.1, 0.15) is 21.5 Å². The third kappa shape index (κ3) is 2.39. The highest BCUT2D eigenvalue weighted by Gasteiger charge is 2.21. The summed E-state index contributed by atoms with van der Waals surface area (Å²) in [5, 5.41) is 0.562. The lowest BCUT2D eigenvalue weighted by Gasteiger charge is -2.08. The number of ether oxygens (including phenoxy) is 1. The minimum atomic E-state index is -0.614. The van der Waals surface area contributed by atoms with Crippen molar-refractivity contribution in [1.29, 1.82) is 0 Å². The number of carbonyl (C=O) groups is 1. The minimum absolute atomic E-state index is 0.0340. The van der Waals surface area contributed by atoms with Gasteiger partial charge in [0.2, 0.25) is 0 Å². The molecule has 0 amide bonds. The third-order valence-corrected chi connectivity index (χ3v) is 3.47. The molecule has 0 unspecified atom stereocenters. The van der Waals surface area contributed by atoms with Gasteiger partial charge in [0, 0.05) is 29.6 Å². The lowest BCUT2D eigenvalue weighted by molar-refractivity contribution is 0.0988. The number of Topliss-reactive ketones (excluding diaryl/α,β-unsaturated/α-hetero) is 1. The maximum absolute atomic E-state index is 13.6. The van der Waals surface area contributed by atoms with E-state index < -0.39 is 5.82 Å². The van der Waals surface area contributed by atoms with Crippen LogP contribution in [0.15, 0.2) is 30.6 Å². The van der Waals surface area contributed by atoms with Gasteiger partial charge in [0.05, 0.1) is 18.4 Å². The molecule has 2 aromatic rings. The summed E-state index contributed by atoms with van der Waals surface area (Å²) in [4.78, 5) is 15.8. The Balaban J connectivity index is 1.93. The molecule has 1 aromatic heterocycles. The quantitative estimate of drug-likeness (QED) is 0.815. The Morgan fingerprint density at radius 1 is 1.45 bits per heavy atom. The van der Waals surface area contributed by atoms with Crippen LogP contribution in [0.25, 0.3) is 0 Å². The molecule has 0 atom stereocenters. The number of carbonyl (C=O) groups excluding carboxylic acids is 1. The molecular weight excluding hydrogens is 281 g/mol. The van der Waals surface area contributed by atoms with Crippen LogP contribution in [0.5, 0.6) is 5.75 Å². The smallest absolute Gasteiger partial charge is 0.170 e. The minimum Gasteiger partial charge on any atom is -0.493 e. The van der Waals surface area contributed by atoms with Crippen molar-refractivity contribution in [2.24, 2.45) is 0 Å². The first-order valence-electron chi connectivity index (χ1n) is 6.22. The number of hydrogen-bond donors (Lipinski definition) is 0. The summed E-state index contributed by atoms with van der Waals surface area (Å²) in [7, 11) is 0. The number of aromatic nitrogens is 1. The Morgan fingerprint density at radius 3 is 3.10 bits per heavy atom. The summed E-state index contributed by atoms with van der Waals surface area (Å²) in [5.74, 6) is -0.223. The van der Waals surface area contributed by atoms with Crippen LogP contribution in [0, 0.1) is 5.82 Å². The molecule has 0 saturated carbocycles. The zero-order valence-electron chi connectivity index (χ0n) is 10.5. The Hall–Kier alpha value is -1.94. The molecule has 0 aliphatic carbocycles. The van der Waals surface area contributed by atoms with Crippen LogP contribution in [0.2, 0.25) is 5.02 Å². The van der Waals surface area contributed by atoms with Gasteiger partial charge in [0.25, 0.3) is 0 Å². The number of nitrogens with zero attached hydrogens (tertiary/aromatic N) is 1. The van der Waals surface area contributed by atoms with Gasteiger partial charge in [-0.25, -0.2) is 4.39 Å². The SMILES string of the molecule is O=C(Cc1cc(Cl)cc2c1OCC2)c1ccncc1F. The molecule has 3 nitrogen and oxygen atoms in total. The van der Waals surface area contributed by atoms with Gasteiger partial charge in [-0.3, -0.25) is 9.78 Å². The number of halogens is 2. The average molecular weight is 292 g/mol. The summed E-state index contributed by atoms with van der Waals surface area (Å²) in [6.07, 6.45) is 3.27.